The fourth-order valence-electron chi connectivity index (χ4n) is 3.40. The lowest BCUT2D eigenvalue weighted by Gasteiger charge is -2.22. The maximum absolute atomic E-state index is 12.3. The molecule has 0 aliphatic rings. The average Bonchev–Trinajstić information content (AvgIpc) is 2.95. The smallest absolute Gasteiger partial charge is 0.327 e. The van der Waals surface area contributed by atoms with Gasteiger partial charge in [0.1, 0.15) is 11.3 Å². The molecule has 154 valence electrons. The molecule has 8 nitrogen and oxygen atoms in total. The van der Waals surface area contributed by atoms with Gasteiger partial charge in [0.25, 0.3) is 0 Å². The molecule has 1 aromatic carbocycles. The second kappa shape index (κ2) is 7.62. The summed E-state index contributed by atoms with van der Waals surface area (Å²) < 4.78 is 7.77. The lowest BCUT2D eigenvalue weighted by molar-refractivity contribution is 0.250. The summed E-state index contributed by atoms with van der Waals surface area (Å²) >= 11 is 0. The third-order valence-electron chi connectivity index (χ3n) is 5.18. The van der Waals surface area contributed by atoms with Crippen LogP contribution in [0.4, 0.5) is 10.5 Å². The minimum atomic E-state index is -0.264. The molecule has 0 saturated carbocycles. The Morgan fingerprint density at radius 1 is 1.14 bits per heavy atom. The predicted octanol–water partition coefficient (Wildman–Crippen LogP) is 3.82. The number of hydrogen-bond acceptors (Lipinski definition) is 4. The van der Waals surface area contributed by atoms with Crippen LogP contribution in [0.5, 0.6) is 11.5 Å². The van der Waals surface area contributed by atoms with Crippen LogP contribution in [0.1, 0.15) is 36.1 Å². The molecule has 0 unspecified atom stereocenters. The molecule has 0 fully saturated rings. The van der Waals surface area contributed by atoms with Gasteiger partial charge in [-0.25, -0.2) is 14.6 Å². The highest BCUT2D eigenvalue weighted by molar-refractivity contribution is 5.92. The van der Waals surface area contributed by atoms with E-state index in [1.807, 2.05) is 41.5 Å². The molecule has 0 saturated heterocycles. The molecule has 0 spiro atoms. The van der Waals surface area contributed by atoms with E-state index in [4.69, 9.17) is 4.74 Å². The molecule has 0 radical (unpaired) electrons. The van der Waals surface area contributed by atoms with Crippen molar-refractivity contribution in [2.75, 3.05) is 5.32 Å². The molecular weight excluding hydrogens is 370 g/mol. The number of aryl methyl sites for hydroxylation is 1. The molecule has 29 heavy (non-hydrogen) atoms. The Balaban J connectivity index is 2.11. The number of aromatic nitrogens is 3. The first-order valence-corrected chi connectivity index (χ1v) is 9.51. The monoisotopic (exact) mass is 397 g/mol. The zero-order valence-electron chi connectivity index (χ0n) is 17.9. The van der Waals surface area contributed by atoms with E-state index in [2.05, 4.69) is 20.6 Å². The number of carbonyl (C=O) groups is 1. The van der Waals surface area contributed by atoms with E-state index in [1.165, 1.54) is 4.57 Å². The van der Waals surface area contributed by atoms with Gasteiger partial charge in [-0.15, -0.1) is 0 Å². The van der Waals surface area contributed by atoms with Gasteiger partial charge in [-0.05, 0) is 58.2 Å². The molecule has 3 aromatic rings. The summed E-state index contributed by atoms with van der Waals surface area (Å²) in [6.45, 7) is 11.7. The summed E-state index contributed by atoms with van der Waals surface area (Å²) in [7, 11) is 1.67. The largest absolute Gasteiger partial charge is 0.454 e. The number of urea groups is 1. The molecule has 0 bridgehead atoms. The van der Waals surface area contributed by atoms with Gasteiger partial charge in [-0.2, -0.15) is 0 Å². The number of nitrogens with zero attached hydrogens (tertiary/aromatic N) is 2. The normalized spacial score (nSPS) is 11.2. The molecule has 2 amide bonds. The van der Waals surface area contributed by atoms with Crippen molar-refractivity contribution in [1.29, 1.82) is 0 Å². The molecule has 2 aromatic heterocycles. The van der Waals surface area contributed by atoms with Crippen LogP contribution in [0.15, 0.2) is 17.1 Å². The van der Waals surface area contributed by atoms with E-state index in [-0.39, 0.29) is 17.8 Å². The van der Waals surface area contributed by atoms with E-state index in [0.29, 0.717) is 22.7 Å². The molecular formula is C21H27N5O3. The first kappa shape index (κ1) is 20.4. The molecule has 8 heteroatoms. The van der Waals surface area contributed by atoms with Crippen molar-refractivity contribution in [3.05, 3.63) is 45.0 Å². The first-order valence-electron chi connectivity index (χ1n) is 9.51. The summed E-state index contributed by atoms with van der Waals surface area (Å²) in [4.78, 5) is 31.2. The van der Waals surface area contributed by atoms with Crippen molar-refractivity contribution in [3.8, 4) is 11.5 Å². The molecule has 2 heterocycles. The number of benzene rings is 1. The zero-order valence-corrected chi connectivity index (χ0v) is 17.9. The Morgan fingerprint density at radius 3 is 2.48 bits per heavy atom. The van der Waals surface area contributed by atoms with Gasteiger partial charge in [0.05, 0.1) is 5.69 Å². The van der Waals surface area contributed by atoms with Crippen LogP contribution < -0.4 is 21.1 Å². The first-order chi connectivity index (χ1) is 13.6. The number of rotatable bonds is 4. The summed E-state index contributed by atoms with van der Waals surface area (Å²) in [5.74, 6) is 1.16. The Morgan fingerprint density at radius 2 is 1.83 bits per heavy atom. The van der Waals surface area contributed by atoms with Gasteiger partial charge in [-0.1, -0.05) is 0 Å². The second-order valence-corrected chi connectivity index (χ2v) is 7.55. The van der Waals surface area contributed by atoms with Gasteiger partial charge in [0, 0.05) is 30.9 Å². The standard InChI is InChI=1S/C21H27N5O3/c1-10(2)23-20(27)24-16-12(4)11(3)13(5)18(14(16)6)29-15-8-9-22-19-17(15)26(7)21(28)25-19/h8-10H,1-7H3,(H,22,25,28)(H2,23,24,27). The van der Waals surface area contributed by atoms with Gasteiger partial charge < -0.3 is 15.4 Å². The number of aromatic amines is 1. The van der Waals surface area contributed by atoms with E-state index in [0.717, 1.165) is 27.9 Å². The lowest BCUT2D eigenvalue weighted by Crippen LogP contribution is -2.34. The third kappa shape index (κ3) is 3.70. The zero-order chi connectivity index (χ0) is 21.5. The van der Waals surface area contributed by atoms with Crippen molar-refractivity contribution in [1.82, 2.24) is 19.9 Å². The molecule has 3 rings (SSSR count). The number of imidazole rings is 1. The minimum Gasteiger partial charge on any atom is -0.454 e. The number of ether oxygens (including phenoxy) is 1. The highest BCUT2D eigenvalue weighted by Gasteiger charge is 2.20. The maximum Gasteiger partial charge on any atom is 0.327 e. The highest BCUT2D eigenvalue weighted by atomic mass is 16.5. The van der Waals surface area contributed by atoms with Crippen LogP contribution in [0.2, 0.25) is 0 Å². The number of fused-ring (bicyclic) bond motifs is 1. The fraction of sp³-hybridized carbons (Fsp3) is 0.381. The Kier molecular flexibility index (Phi) is 5.37. The van der Waals surface area contributed by atoms with Crippen LogP contribution in [0, 0.1) is 27.7 Å². The van der Waals surface area contributed by atoms with Crippen LogP contribution in [-0.2, 0) is 7.05 Å². The molecule has 0 atom stereocenters. The number of nitrogens with one attached hydrogen (secondary N) is 3. The van der Waals surface area contributed by atoms with E-state index in [9.17, 15) is 9.59 Å². The average molecular weight is 397 g/mol. The number of pyridine rings is 1. The van der Waals surface area contributed by atoms with Crippen molar-refractivity contribution in [2.45, 2.75) is 47.6 Å². The SMILES string of the molecule is Cc1c(C)c(NC(=O)NC(C)C)c(C)c(Oc2ccnc3[nH]c(=O)n(C)c23)c1C. The summed E-state index contributed by atoms with van der Waals surface area (Å²) in [6.07, 6.45) is 1.59. The van der Waals surface area contributed by atoms with Crippen LogP contribution >= 0.6 is 0 Å². The third-order valence-corrected chi connectivity index (χ3v) is 5.18. The summed E-state index contributed by atoms with van der Waals surface area (Å²) in [6, 6.07) is 1.49. The van der Waals surface area contributed by atoms with E-state index >= 15 is 0 Å². The fourth-order valence-corrected chi connectivity index (χ4v) is 3.40. The van der Waals surface area contributed by atoms with Crippen molar-refractivity contribution in [3.63, 3.8) is 0 Å². The van der Waals surface area contributed by atoms with Crippen molar-refractivity contribution in [2.24, 2.45) is 7.05 Å². The van der Waals surface area contributed by atoms with Crippen LogP contribution in [-0.4, -0.2) is 26.6 Å². The Labute approximate surface area is 169 Å². The summed E-state index contributed by atoms with van der Waals surface area (Å²) in [5.41, 5.74) is 5.30. The van der Waals surface area contributed by atoms with Gasteiger partial charge >= 0.3 is 11.7 Å². The Hall–Kier alpha value is -3.29. The summed E-state index contributed by atoms with van der Waals surface area (Å²) in [5, 5.41) is 5.79. The van der Waals surface area contributed by atoms with Gasteiger partial charge in [0.15, 0.2) is 11.4 Å². The Bertz CT molecular complexity index is 1160. The minimum absolute atomic E-state index is 0.0258. The maximum atomic E-state index is 12.3. The number of amides is 2. The van der Waals surface area contributed by atoms with Gasteiger partial charge in [0.2, 0.25) is 0 Å². The number of anilines is 1. The quantitative estimate of drug-likeness (QED) is 0.623. The number of hydrogen-bond donors (Lipinski definition) is 3. The van der Waals surface area contributed by atoms with Crippen molar-refractivity contribution < 1.29 is 9.53 Å². The van der Waals surface area contributed by atoms with Gasteiger partial charge in [-0.3, -0.25) is 9.55 Å². The van der Waals surface area contributed by atoms with Crippen LogP contribution in [0.3, 0.4) is 0 Å². The topological polar surface area (TPSA) is 101 Å². The predicted molar refractivity (Wildman–Crippen MR) is 114 cm³/mol. The highest BCUT2D eigenvalue weighted by Crippen LogP contribution is 2.39. The van der Waals surface area contributed by atoms with Crippen LogP contribution in [0.25, 0.3) is 11.2 Å². The second-order valence-electron chi connectivity index (χ2n) is 7.55. The van der Waals surface area contributed by atoms with E-state index < -0.39 is 0 Å². The number of carbonyl (C=O) groups excluding carboxylic acids is 1. The molecule has 0 aliphatic carbocycles. The van der Waals surface area contributed by atoms with E-state index in [1.54, 1.807) is 19.3 Å². The lowest BCUT2D eigenvalue weighted by atomic mass is 9.97. The number of H-pyrrole nitrogens is 1. The molecule has 3 N–H and O–H groups in total. The van der Waals surface area contributed by atoms with Crippen molar-refractivity contribution >= 4 is 22.9 Å². The molecule has 0 aliphatic heterocycles.